The predicted molar refractivity (Wildman–Crippen MR) is 112 cm³/mol. The molecule has 1 N–H and O–H groups in total. The molecular formula is C22H24N4OS. The Morgan fingerprint density at radius 2 is 1.89 bits per heavy atom. The Bertz CT molecular complexity index is 948. The van der Waals surface area contributed by atoms with E-state index in [1.807, 2.05) is 63.6 Å². The highest BCUT2D eigenvalue weighted by molar-refractivity contribution is 7.13. The molecule has 144 valence electrons. The molecule has 0 unspecified atom stereocenters. The molecule has 1 spiro atoms. The molecule has 0 aliphatic carbocycles. The fourth-order valence-electron chi connectivity index (χ4n) is 4.42. The zero-order chi connectivity index (χ0) is 19.0. The van der Waals surface area contributed by atoms with Crippen LogP contribution in [0, 0.1) is 5.41 Å². The van der Waals surface area contributed by atoms with E-state index in [1.165, 1.54) is 6.42 Å². The van der Waals surface area contributed by atoms with E-state index in [0.29, 0.717) is 11.0 Å². The van der Waals surface area contributed by atoms with Gasteiger partial charge in [0.15, 0.2) is 0 Å². The Morgan fingerprint density at radius 3 is 2.57 bits per heavy atom. The molecule has 1 amide bonds. The lowest BCUT2D eigenvalue weighted by Crippen LogP contribution is -2.44. The lowest BCUT2D eigenvalue weighted by atomic mass is 9.78. The summed E-state index contributed by atoms with van der Waals surface area (Å²) in [5.41, 5.74) is 2.86. The first-order valence-electron chi connectivity index (χ1n) is 9.93. The molecule has 0 radical (unpaired) electrons. The maximum Gasteiger partial charge on any atom is 0.257 e. The van der Waals surface area contributed by atoms with Gasteiger partial charge in [0.05, 0.1) is 16.1 Å². The number of piperidine rings is 1. The molecule has 6 heteroatoms. The molecule has 3 aromatic rings. The van der Waals surface area contributed by atoms with Gasteiger partial charge in [-0.2, -0.15) is 5.10 Å². The van der Waals surface area contributed by atoms with E-state index in [4.69, 9.17) is 5.10 Å². The number of benzene rings is 1. The van der Waals surface area contributed by atoms with Gasteiger partial charge in [-0.3, -0.25) is 4.79 Å². The van der Waals surface area contributed by atoms with Gasteiger partial charge in [0.2, 0.25) is 0 Å². The van der Waals surface area contributed by atoms with Crippen molar-refractivity contribution in [2.75, 3.05) is 26.2 Å². The summed E-state index contributed by atoms with van der Waals surface area (Å²) >= 11 is 1.62. The van der Waals surface area contributed by atoms with Crippen LogP contribution in [0.3, 0.4) is 0 Å². The van der Waals surface area contributed by atoms with Crippen LogP contribution in [0.25, 0.3) is 16.3 Å². The molecule has 0 bridgehead atoms. The topological polar surface area (TPSA) is 50.2 Å². The zero-order valence-electron chi connectivity index (χ0n) is 15.8. The first-order chi connectivity index (χ1) is 13.7. The number of nitrogens with zero attached hydrogens (tertiary/aromatic N) is 3. The number of para-hydroxylation sites is 1. The number of hydrogen-bond donors (Lipinski definition) is 1. The minimum absolute atomic E-state index is 0.103. The van der Waals surface area contributed by atoms with Crippen molar-refractivity contribution in [3.8, 4) is 16.3 Å². The highest BCUT2D eigenvalue weighted by Gasteiger charge is 2.38. The zero-order valence-corrected chi connectivity index (χ0v) is 16.6. The van der Waals surface area contributed by atoms with Crippen LogP contribution in [-0.4, -0.2) is 46.8 Å². The summed E-state index contributed by atoms with van der Waals surface area (Å²) < 4.78 is 1.83. The molecule has 0 atom stereocenters. The van der Waals surface area contributed by atoms with Crippen molar-refractivity contribution in [3.05, 3.63) is 59.6 Å². The molecule has 2 aromatic heterocycles. The van der Waals surface area contributed by atoms with E-state index in [-0.39, 0.29) is 5.91 Å². The first-order valence-corrected chi connectivity index (χ1v) is 10.8. The average molecular weight is 393 g/mol. The molecule has 2 fully saturated rings. The second-order valence-electron chi connectivity index (χ2n) is 7.87. The van der Waals surface area contributed by atoms with Gasteiger partial charge in [-0.1, -0.05) is 24.3 Å². The number of carbonyl (C=O) groups excluding carboxylic acids is 1. The Hall–Kier alpha value is -2.44. The largest absolute Gasteiger partial charge is 0.338 e. The number of likely N-dealkylation sites (tertiary alicyclic amines) is 1. The summed E-state index contributed by atoms with van der Waals surface area (Å²) in [5, 5.41) is 10.3. The molecular weight excluding hydrogens is 368 g/mol. The number of thiophene rings is 1. The molecule has 4 heterocycles. The van der Waals surface area contributed by atoms with Crippen molar-refractivity contribution in [1.82, 2.24) is 20.0 Å². The highest BCUT2D eigenvalue weighted by atomic mass is 32.1. The fraction of sp³-hybridized carbons (Fsp3) is 0.364. The second-order valence-corrected chi connectivity index (χ2v) is 8.82. The second kappa shape index (κ2) is 7.18. The van der Waals surface area contributed by atoms with Gasteiger partial charge in [0.25, 0.3) is 5.91 Å². The van der Waals surface area contributed by atoms with E-state index in [9.17, 15) is 4.79 Å². The van der Waals surface area contributed by atoms with Crippen molar-refractivity contribution in [2.24, 2.45) is 5.41 Å². The number of nitrogens with one attached hydrogen (secondary N) is 1. The average Bonchev–Trinajstić information content (AvgIpc) is 3.49. The minimum Gasteiger partial charge on any atom is -0.338 e. The monoisotopic (exact) mass is 392 g/mol. The number of rotatable bonds is 3. The quantitative estimate of drug-likeness (QED) is 0.737. The van der Waals surface area contributed by atoms with Crippen molar-refractivity contribution in [1.29, 1.82) is 0 Å². The van der Waals surface area contributed by atoms with Crippen molar-refractivity contribution in [3.63, 3.8) is 0 Å². The SMILES string of the molecule is O=C(c1cn(-c2ccccc2)nc1-c1cccs1)N1CCC2(CCNC2)CC1. The summed E-state index contributed by atoms with van der Waals surface area (Å²) in [4.78, 5) is 16.5. The smallest absolute Gasteiger partial charge is 0.257 e. The summed E-state index contributed by atoms with van der Waals surface area (Å²) in [6, 6.07) is 14.0. The van der Waals surface area contributed by atoms with Crippen LogP contribution < -0.4 is 5.32 Å². The molecule has 2 aliphatic rings. The number of aromatic nitrogens is 2. The van der Waals surface area contributed by atoms with Gasteiger partial charge in [0, 0.05) is 25.8 Å². The third kappa shape index (κ3) is 3.16. The minimum atomic E-state index is 0.103. The molecule has 28 heavy (non-hydrogen) atoms. The number of carbonyl (C=O) groups is 1. The Labute approximate surface area is 169 Å². The first kappa shape index (κ1) is 17.6. The summed E-state index contributed by atoms with van der Waals surface area (Å²) in [6.07, 6.45) is 5.31. The van der Waals surface area contributed by atoms with E-state index in [1.54, 1.807) is 11.3 Å². The van der Waals surface area contributed by atoms with Gasteiger partial charge in [-0.15, -0.1) is 11.3 Å². The van der Waals surface area contributed by atoms with E-state index >= 15 is 0 Å². The predicted octanol–water partition coefficient (Wildman–Crippen LogP) is 3.82. The maximum absolute atomic E-state index is 13.4. The standard InChI is InChI=1S/C22H24N4OS/c27-21(25-12-9-22(10-13-25)8-11-23-16-22)18-15-26(17-5-2-1-3-6-17)24-20(18)19-7-4-14-28-19/h1-7,14-15,23H,8-13,16H2. The molecule has 2 saturated heterocycles. The maximum atomic E-state index is 13.4. The number of hydrogen-bond acceptors (Lipinski definition) is 4. The van der Waals surface area contributed by atoms with Gasteiger partial charge in [-0.05, 0) is 54.8 Å². The number of amides is 1. The van der Waals surface area contributed by atoms with Crippen molar-refractivity contribution >= 4 is 17.2 Å². The summed E-state index contributed by atoms with van der Waals surface area (Å²) in [5.74, 6) is 0.103. The third-order valence-electron chi connectivity index (χ3n) is 6.16. The normalized spacial score (nSPS) is 18.6. The van der Waals surface area contributed by atoms with E-state index in [0.717, 1.165) is 55.3 Å². The van der Waals surface area contributed by atoms with Crippen LogP contribution >= 0.6 is 11.3 Å². The molecule has 5 nitrogen and oxygen atoms in total. The van der Waals surface area contributed by atoms with Gasteiger partial charge >= 0.3 is 0 Å². The highest BCUT2D eigenvalue weighted by Crippen LogP contribution is 2.38. The van der Waals surface area contributed by atoms with Crippen LogP contribution in [0.1, 0.15) is 29.6 Å². The lowest BCUT2D eigenvalue weighted by molar-refractivity contribution is 0.0608. The van der Waals surface area contributed by atoms with Crippen LogP contribution in [0.5, 0.6) is 0 Å². The van der Waals surface area contributed by atoms with Crippen LogP contribution in [0.4, 0.5) is 0 Å². The van der Waals surface area contributed by atoms with Crippen molar-refractivity contribution < 1.29 is 4.79 Å². The molecule has 2 aliphatic heterocycles. The Morgan fingerprint density at radius 1 is 1.07 bits per heavy atom. The summed E-state index contributed by atoms with van der Waals surface area (Å²) in [6.45, 7) is 3.88. The lowest BCUT2D eigenvalue weighted by Gasteiger charge is -2.38. The third-order valence-corrected chi connectivity index (χ3v) is 7.04. The molecule has 5 rings (SSSR count). The summed E-state index contributed by atoms with van der Waals surface area (Å²) in [7, 11) is 0. The van der Waals surface area contributed by atoms with Crippen molar-refractivity contribution in [2.45, 2.75) is 19.3 Å². The van der Waals surface area contributed by atoms with Crippen LogP contribution in [0.15, 0.2) is 54.0 Å². The fourth-order valence-corrected chi connectivity index (χ4v) is 5.14. The Balaban J connectivity index is 1.45. The van der Waals surface area contributed by atoms with Gasteiger partial charge in [0.1, 0.15) is 5.69 Å². The van der Waals surface area contributed by atoms with Gasteiger partial charge in [-0.25, -0.2) is 4.68 Å². The van der Waals surface area contributed by atoms with E-state index in [2.05, 4.69) is 5.32 Å². The van der Waals surface area contributed by atoms with Crippen LogP contribution in [-0.2, 0) is 0 Å². The van der Waals surface area contributed by atoms with Gasteiger partial charge < -0.3 is 10.2 Å². The molecule has 0 saturated carbocycles. The molecule has 1 aromatic carbocycles. The Kier molecular flexibility index (Phi) is 4.53. The van der Waals surface area contributed by atoms with E-state index < -0.39 is 0 Å². The van der Waals surface area contributed by atoms with Crippen LogP contribution in [0.2, 0.25) is 0 Å².